The Morgan fingerprint density at radius 3 is 2.70 bits per heavy atom. The largest absolute Gasteiger partial charge is 0.513 e. The summed E-state index contributed by atoms with van der Waals surface area (Å²) in [4.78, 5) is 31.9. The minimum absolute atomic E-state index is 0.209. The third-order valence-electron chi connectivity index (χ3n) is 4.01. The number of carbonyl (C=O) groups is 1. The van der Waals surface area contributed by atoms with E-state index in [9.17, 15) is 9.59 Å². The standard InChI is InChI=1S/C20H16N2O4S/c1-2-25-20(24)26-16-11-21-18-17(16)14-10-13(8-9-15(14)22-19(18)23)27-12-6-4-3-5-7-12/h3-11,21H,2H2,1H3,(H,22,23). The molecule has 136 valence electrons. The first-order chi connectivity index (χ1) is 13.2. The Morgan fingerprint density at radius 1 is 1.11 bits per heavy atom. The molecule has 0 aliphatic rings. The van der Waals surface area contributed by atoms with E-state index in [0.717, 1.165) is 15.2 Å². The van der Waals surface area contributed by atoms with E-state index in [1.165, 1.54) is 6.20 Å². The predicted molar refractivity (Wildman–Crippen MR) is 105 cm³/mol. The molecular formula is C20H16N2O4S. The van der Waals surface area contributed by atoms with Gasteiger partial charge in [-0.1, -0.05) is 30.0 Å². The molecule has 0 aliphatic heterocycles. The van der Waals surface area contributed by atoms with Gasteiger partial charge in [0, 0.05) is 26.9 Å². The molecule has 0 saturated carbocycles. The molecule has 0 spiro atoms. The van der Waals surface area contributed by atoms with Gasteiger partial charge in [-0.3, -0.25) is 4.79 Å². The van der Waals surface area contributed by atoms with Crippen molar-refractivity contribution in [3.05, 3.63) is 65.1 Å². The van der Waals surface area contributed by atoms with Crippen molar-refractivity contribution in [2.75, 3.05) is 6.61 Å². The van der Waals surface area contributed by atoms with Gasteiger partial charge in [-0.15, -0.1) is 0 Å². The summed E-state index contributed by atoms with van der Waals surface area (Å²) in [7, 11) is 0. The van der Waals surface area contributed by atoms with Crippen LogP contribution in [-0.4, -0.2) is 22.7 Å². The number of nitrogens with one attached hydrogen (secondary N) is 2. The fourth-order valence-electron chi connectivity index (χ4n) is 2.88. The average Bonchev–Trinajstić information content (AvgIpc) is 3.08. The molecule has 4 rings (SSSR count). The number of ether oxygens (including phenoxy) is 2. The SMILES string of the molecule is CCOC(=O)Oc1c[nH]c2c(=O)[nH]c3ccc(Sc4ccccc4)cc3c12. The number of fused-ring (bicyclic) bond motifs is 3. The lowest BCUT2D eigenvalue weighted by Gasteiger charge is -2.07. The highest BCUT2D eigenvalue weighted by molar-refractivity contribution is 7.99. The van der Waals surface area contributed by atoms with Crippen LogP contribution in [0.4, 0.5) is 4.79 Å². The van der Waals surface area contributed by atoms with Crippen molar-refractivity contribution in [2.45, 2.75) is 16.7 Å². The molecule has 2 N–H and O–H groups in total. The first kappa shape index (κ1) is 17.2. The molecule has 0 unspecified atom stereocenters. The number of rotatable bonds is 4. The van der Waals surface area contributed by atoms with E-state index in [1.807, 2.05) is 48.5 Å². The third kappa shape index (κ3) is 3.41. The van der Waals surface area contributed by atoms with Crippen LogP contribution in [0.25, 0.3) is 21.8 Å². The molecule has 4 aromatic rings. The van der Waals surface area contributed by atoms with Gasteiger partial charge < -0.3 is 19.4 Å². The minimum Gasteiger partial charge on any atom is -0.434 e. The maximum Gasteiger partial charge on any atom is 0.513 e. The van der Waals surface area contributed by atoms with Crippen molar-refractivity contribution in [3.8, 4) is 5.75 Å². The topological polar surface area (TPSA) is 84.2 Å². The van der Waals surface area contributed by atoms with Gasteiger partial charge in [-0.2, -0.15) is 0 Å². The van der Waals surface area contributed by atoms with Gasteiger partial charge in [0.15, 0.2) is 5.75 Å². The summed E-state index contributed by atoms with van der Waals surface area (Å²) in [6.45, 7) is 1.91. The van der Waals surface area contributed by atoms with Crippen LogP contribution in [0.3, 0.4) is 0 Å². The molecule has 2 aromatic heterocycles. The highest BCUT2D eigenvalue weighted by Crippen LogP contribution is 2.34. The lowest BCUT2D eigenvalue weighted by Crippen LogP contribution is -2.10. The monoisotopic (exact) mass is 380 g/mol. The molecular weight excluding hydrogens is 364 g/mol. The first-order valence-electron chi connectivity index (χ1n) is 8.40. The van der Waals surface area contributed by atoms with Gasteiger partial charge in [0.1, 0.15) is 5.52 Å². The molecule has 27 heavy (non-hydrogen) atoms. The fraction of sp³-hybridized carbons (Fsp3) is 0.100. The molecule has 0 bridgehead atoms. The molecule has 0 saturated heterocycles. The van der Waals surface area contributed by atoms with E-state index in [0.29, 0.717) is 16.4 Å². The zero-order valence-electron chi connectivity index (χ0n) is 14.4. The third-order valence-corrected chi connectivity index (χ3v) is 5.01. The van der Waals surface area contributed by atoms with Crippen LogP contribution in [-0.2, 0) is 4.74 Å². The lowest BCUT2D eigenvalue weighted by atomic mass is 10.1. The molecule has 0 aliphatic carbocycles. The fourth-order valence-corrected chi connectivity index (χ4v) is 3.76. The molecule has 2 aromatic carbocycles. The highest BCUT2D eigenvalue weighted by atomic mass is 32.2. The summed E-state index contributed by atoms with van der Waals surface area (Å²) in [5, 5.41) is 1.34. The summed E-state index contributed by atoms with van der Waals surface area (Å²) in [5.74, 6) is 0.265. The number of hydrogen-bond donors (Lipinski definition) is 2. The van der Waals surface area contributed by atoms with Crippen LogP contribution in [0.5, 0.6) is 5.75 Å². The molecule has 0 amide bonds. The Labute approximate surface area is 158 Å². The number of pyridine rings is 1. The summed E-state index contributed by atoms with van der Waals surface area (Å²) >= 11 is 1.61. The lowest BCUT2D eigenvalue weighted by molar-refractivity contribution is 0.105. The van der Waals surface area contributed by atoms with Gasteiger partial charge in [-0.05, 0) is 37.3 Å². The number of benzene rings is 2. The van der Waals surface area contributed by atoms with Crippen molar-refractivity contribution in [2.24, 2.45) is 0 Å². The van der Waals surface area contributed by atoms with Crippen molar-refractivity contribution < 1.29 is 14.3 Å². The molecule has 6 nitrogen and oxygen atoms in total. The summed E-state index contributed by atoms with van der Waals surface area (Å²) < 4.78 is 10.1. The van der Waals surface area contributed by atoms with E-state index < -0.39 is 6.16 Å². The number of aromatic nitrogens is 2. The van der Waals surface area contributed by atoms with Gasteiger partial charge in [0.2, 0.25) is 0 Å². The van der Waals surface area contributed by atoms with E-state index in [4.69, 9.17) is 9.47 Å². The molecule has 7 heteroatoms. The van der Waals surface area contributed by atoms with Gasteiger partial charge in [0.05, 0.1) is 12.0 Å². The van der Waals surface area contributed by atoms with Crippen LogP contribution in [0.2, 0.25) is 0 Å². The van der Waals surface area contributed by atoms with Crippen molar-refractivity contribution >= 4 is 39.7 Å². The smallest absolute Gasteiger partial charge is 0.434 e. The number of hydrogen-bond acceptors (Lipinski definition) is 5. The Morgan fingerprint density at radius 2 is 1.93 bits per heavy atom. The second-order valence-electron chi connectivity index (χ2n) is 5.76. The molecule has 2 heterocycles. The zero-order valence-corrected chi connectivity index (χ0v) is 15.3. The van der Waals surface area contributed by atoms with Gasteiger partial charge in [0.25, 0.3) is 5.56 Å². The van der Waals surface area contributed by atoms with Crippen molar-refractivity contribution in [3.63, 3.8) is 0 Å². The quantitative estimate of drug-likeness (QED) is 0.502. The first-order valence-corrected chi connectivity index (χ1v) is 9.22. The number of carbonyl (C=O) groups excluding carboxylic acids is 1. The second-order valence-corrected chi connectivity index (χ2v) is 6.91. The van der Waals surface area contributed by atoms with E-state index in [-0.39, 0.29) is 17.9 Å². The Kier molecular flexibility index (Phi) is 4.60. The summed E-state index contributed by atoms with van der Waals surface area (Å²) in [5.41, 5.74) is 0.738. The second kappa shape index (κ2) is 7.20. The Hall–Kier alpha value is -3.19. The summed E-state index contributed by atoms with van der Waals surface area (Å²) in [6, 6.07) is 15.8. The normalized spacial score (nSPS) is 11.0. The maximum absolute atomic E-state index is 12.3. The van der Waals surface area contributed by atoms with Gasteiger partial charge in [-0.25, -0.2) is 4.79 Å². The van der Waals surface area contributed by atoms with Crippen LogP contribution >= 0.6 is 11.8 Å². The average molecular weight is 380 g/mol. The number of H-pyrrole nitrogens is 2. The Balaban J connectivity index is 1.84. The van der Waals surface area contributed by atoms with Crippen molar-refractivity contribution in [1.29, 1.82) is 0 Å². The van der Waals surface area contributed by atoms with Crippen LogP contribution < -0.4 is 10.3 Å². The molecule has 0 fully saturated rings. The Bertz CT molecular complexity index is 1180. The summed E-state index contributed by atoms with van der Waals surface area (Å²) in [6.07, 6.45) is 0.689. The molecule has 0 atom stereocenters. The maximum atomic E-state index is 12.3. The van der Waals surface area contributed by atoms with Crippen molar-refractivity contribution in [1.82, 2.24) is 9.97 Å². The van der Waals surface area contributed by atoms with Crippen LogP contribution in [0, 0.1) is 0 Å². The highest BCUT2D eigenvalue weighted by Gasteiger charge is 2.16. The van der Waals surface area contributed by atoms with Crippen LogP contribution in [0.1, 0.15) is 6.92 Å². The van der Waals surface area contributed by atoms with Gasteiger partial charge >= 0.3 is 6.16 Å². The van der Waals surface area contributed by atoms with E-state index >= 15 is 0 Å². The van der Waals surface area contributed by atoms with Crippen LogP contribution in [0.15, 0.2) is 69.3 Å². The zero-order chi connectivity index (χ0) is 18.8. The minimum atomic E-state index is -0.804. The van der Waals surface area contributed by atoms with E-state index in [2.05, 4.69) is 9.97 Å². The number of aromatic amines is 2. The predicted octanol–water partition coefficient (Wildman–Crippen LogP) is 4.70. The van der Waals surface area contributed by atoms with E-state index in [1.54, 1.807) is 18.7 Å². The molecule has 0 radical (unpaired) electrons.